The van der Waals surface area contributed by atoms with Crippen LogP contribution < -0.4 is 0 Å². The van der Waals surface area contributed by atoms with E-state index in [-0.39, 0.29) is 11.9 Å². The molecule has 0 spiro atoms. The molecule has 0 saturated heterocycles. The van der Waals surface area contributed by atoms with Gasteiger partial charge in [-0.15, -0.1) is 0 Å². The van der Waals surface area contributed by atoms with Crippen molar-refractivity contribution < 1.29 is 19.1 Å². The summed E-state index contributed by atoms with van der Waals surface area (Å²) >= 11 is 0. The molecular formula is C16H18O4. The molecule has 0 amide bonds. The molecule has 0 atom stereocenters. The zero-order valence-corrected chi connectivity index (χ0v) is 11.6. The fourth-order valence-electron chi connectivity index (χ4n) is 2.04. The number of carbonyl (C=O) groups excluding carboxylic acids is 2. The zero-order valence-electron chi connectivity index (χ0n) is 11.6. The zero-order chi connectivity index (χ0) is 14.4. The van der Waals surface area contributed by atoms with E-state index >= 15 is 0 Å². The average molecular weight is 274 g/mol. The van der Waals surface area contributed by atoms with Gasteiger partial charge in [-0.3, -0.25) is 0 Å². The summed E-state index contributed by atoms with van der Waals surface area (Å²) in [6, 6.07) is 6.31. The topological polar surface area (TPSA) is 52.6 Å². The van der Waals surface area contributed by atoms with Crippen LogP contribution in [0, 0.1) is 0 Å². The van der Waals surface area contributed by atoms with Crippen LogP contribution >= 0.6 is 0 Å². The summed E-state index contributed by atoms with van der Waals surface area (Å²) in [6.45, 7) is 2.08. The van der Waals surface area contributed by atoms with E-state index in [0.29, 0.717) is 17.7 Å². The maximum atomic E-state index is 11.9. The third-order valence-corrected chi connectivity index (χ3v) is 3.10. The summed E-state index contributed by atoms with van der Waals surface area (Å²) in [5.41, 5.74) is 0.866. The third kappa shape index (κ3) is 3.70. The molecule has 0 saturated carbocycles. The standard InChI is InChI=1S/C16H18O4/c1-2-19-15(17)12-8-10-13(11-9-12)16(18)20-14-6-4-3-5-7-14/h6,8-11H,2-5,7H2,1H3. The maximum absolute atomic E-state index is 11.9. The Morgan fingerprint density at radius 1 is 1.05 bits per heavy atom. The van der Waals surface area contributed by atoms with Crippen molar-refractivity contribution in [2.45, 2.75) is 32.6 Å². The van der Waals surface area contributed by atoms with Crippen molar-refractivity contribution in [3.63, 3.8) is 0 Å². The fourth-order valence-corrected chi connectivity index (χ4v) is 2.04. The molecule has 0 heterocycles. The fraction of sp³-hybridized carbons (Fsp3) is 0.375. The van der Waals surface area contributed by atoms with Crippen LogP contribution in [-0.2, 0) is 9.47 Å². The van der Waals surface area contributed by atoms with Gasteiger partial charge in [-0.25, -0.2) is 9.59 Å². The summed E-state index contributed by atoms with van der Waals surface area (Å²) in [7, 11) is 0. The van der Waals surface area contributed by atoms with Crippen molar-refractivity contribution in [1.29, 1.82) is 0 Å². The Morgan fingerprint density at radius 2 is 1.70 bits per heavy atom. The van der Waals surface area contributed by atoms with Crippen molar-refractivity contribution in [2.24, 2.45) is 0 Å². The van der Waals surface area contributed by atoms with E-state index in [1.54, 1.807) is 31.2 Å². The van der Waals surface area contributed by atoms with Crippen LogP contribution in [0.5, 0.6) is 0 Å². The number of esters is 2. The minimum Gasteiger partial charge on any atom is -0.462 e. The lowest BCUT2D eigenvalue weighted by Crippen LogP contribution is -2.08. The minimum absolute atomic E-state index is 0.330. The van der Waals surface area contributed by atoms with Crippen LogP contribution in [0.1, 0.15) is 53.3 Å². The van der Waals surface area contributed by atoms with Crippen LogP contribution in [0.25, 0.3) is 0 Å². The largest absolute Gasteiger partial charge is 0.462 e. The lowest BCUT2D eigenvalue weighted by atomic mass is 10.1. The molecule has 2 rings (SSSR count). The normalized spacial score (nSPS) is 14.3. The molecule has 0 aromatic heterocycles. The van der Waals surface area contributed by atoms with Crippen LogP contribution in [0.2, 0.25) is 0 Å². The first-order valence-electron chi connectivity index (χ1n) is 6.89. The second-order valence-corrected chi connectivity index (χ2v) is 4.60. The molecule has 1 aromatic rings. The predicted molar refractivity (Wildman–Crippen MR) is 74.4 cm³/mol. The molecule has 0 N–H and O–H groups in total. The SMILES string of the molecule is CCOC(=O)c1ccc(C(=O)OC2=CCCCC2)cc1. The first kappa shape index (κ1) is 14.3. The number of benzene rings is 1. The first-order valence-corrected chi connectivity index (χ1v) is 6.89. The first-order chi connectivity index (χ1) is 9.70. The van der Waals surface area contributed by atoms with Gasteiger partial charge in [-0.1, -0.05) is 0 Å². The lowest BCUT2D eigenvalue weighted by Gasteiger charge is -2.12. The summed E-state index contributed by atoms with van der Waals surface area (Å²) in [5, 5.41) is 0. The lowest BCUT2D eigenvalue weighted by molar-refractivity contribution is 0.0523. The molecular weight excluding hydrogens is 256 g/mol. The quantitative estimate of drug-likeness (QED) is 0.789. The molecule has 1 aromatic carbocycles. The Morgan fingerprint density at radius 3 is 2.25 bits per heavy atom. The summed E-state index contributed by atoms with van der Waals surface area (Å²) < 4.78 is 10.2. The van der Waals surface area contributed by atoms with E-state index in [4.69, 9.17) is 9.47 Å². The summed E-state index contributed by atoms with van der Waals surface area (Å²) in [4.78, 5) is 23.4. The molecule has 4 nitrogen and oxygen atoms in total. The van der Waals surface area contributed by atoms with Crippen molar-refractivity contribution in [1.82, 2.24) is 0 Å². The van der Waals surface area contributed by atoms with Gasteiger partial charge in [0.15, 0.2) is 0 Å². The third-order valence-electron chi connectivity index (χ3n) is 3.10. The van der Waals surface area contributed by atoms with Gasteiger partial charge in [0.2, 0.25) is 0 Å². The molecule has 0 bridgehead atoms. The summed E-state index contributed by atoms with van der Waals surface area (Å²) in [5.74, 6) is -0.0216. The smallest absolute Gasteiger partial charge is 0.343 e. The monoisotopic (exact) mass is 274 g/mol. The van der Waals surface area contributed by atoms with Gasteiger partial charge in [-0.2, -0.15) is 0 Å². The Labute approximate surface area is 118 Å². The molecule has 0 fully saturated rings. The maximum Gasteiger partial charge on any atom is 0.343 e. The van der Waals surface area contributed by atoms with Gasteiger partial charge < -0.3 is 9.47 Å². The second kappa shape index (κ2) is 6.89. The van der Waals surface area contributed by atoms with E-state index < -0.39 is 0 Å². The van der Waals surface area contributed by atoms with Crippen LogP contribution in [-0.4, -0.2) is 18.5 Å². The number of allylic oxidation sites excluding steroid dienone is 2. The Kier molecular flexibility index (Phi) is 4.93. The van der Waals surface area contributed by atoms with Crippen LogP contribution in [0.3, 0.4) is 0 Å². The van der Waals surface area contributed by atoms with Crippen molar-refractivity contribution >= 4 is 11.9 Å². The highest BCUT2D eigenvalue weighted by Crippen LogP contribution is 2.19. The van der Waals surface area contributed by atoms with Crippen LogP contribution in [0.15, 0.2) is 36.1 Å². The molecule has 106 valence electrons. The van der Waals surface area contributed by atoms with Gasteiger partial charge in [0, 0.05) is 6.42 Å². The molecule has 1 aliphatic rings. The van der Waals surface area contributed by atoms with E-state index in [0.717, 1.165) is 31.4 Å². The number of carbonyl (C=O) groups is 2. The van der Waals surface area contributed by atoms with E-state index in [1.165, 1.54) is 0 Å². The highest BCUT2D eigenvalue weighted by Gasteiger charge is 2.13. The Hall–Kier alpha value is -2.10. The number of hydrogen-bond donors (Lipinski definition) is 0. The van der Waals surface area contributed by atoms with Gasteiger partial charge >= 0.3 is 11.9 Å². The molecule has 0 aliphatic heterocycles. The molecule has 20 heavy (non-hydrogen) atoms. The van der Waals surface area contributed by atoms with Crippen molar-refractivity contribution in [2.75, 3.05) is 6.61 Å². The molecule has 0 radical (unpaired) electrons. The summed E-state index contributed by atoms with van der Waals surface area (Å²) in [6.07, 6.45) is 5.95. The predicted octanol–water partition coefficient (Wildman–Crippen LogP) is 3.48. The molecule has 1 aliphatic carbocycles. The minimum atomic E-state index is -0.387. The van der Waals surface area contributed by atoms with Crippen LogP contribution in [0.4, 0.5) is 0 Å². The van der Waals surface area contributed by atoms with Gasteiger partial charge in [0.05, 0.1) is 17.7 Å². The number of rotatable bonds is 4. The Balaban J connectivity index is 2.00. The van der Waals surface area contributed by atoms with Gasteiger partial charge in [-0.05, 0) is 56.5 Å². The average Bonchev–Trinajstić information content (AvgIpc) is 2.48. The van der Waals surface area contributed by atoms with E-state index in [2.05, 4.69) is 0 Å². The van der Waals surface area contributed by atoms with Crippen molar-refractivity contribution in [3.05, 3.63) is 47.2 Å². The highest BCUT2D eigenvalue weighted by molar-refractivity contribution is 5.93. The highest BCUT2D eigenvalue weighted by atomic mass is 16.5. The second-order valence-electron chi connectivity index (χ2n) is 4.60. The van der Waals surface area contributed by atoms with E-state index in [1.807, 2.05) is 6.08 Å². The number of ether oxygens (including phenoxy) is 2. The van der Waals surface area contributed by atoms with Gasteiger partial charge in [0.1, 0.15) is 5.76 Å². The Bertz CT molecular complexity index is 514. The molecule has 0 unspecified atom stereocenters. The van der Waals surface area contributed by atoms with E-state index in [9.17, 15) is 9.59 Å². The van der Waals surface area contributed by atoms with Crippen molar-refractivity contribution in [3.8, 4) is 0 Å². The molecule has 4 heteroatoms. The number of hydrogen-bond acceptors (Lipinski definition) is 4. The van der Waals surface area contributed by atoms with Gasteiger partial charge in [0.25, 0.3) is 0 Å².